The summed E-state index contributed by atoms with van der Waals surface area (Å²) >= 11 is 0. The molecule has 0 aliphatic carbocycles. The van der Waals surface area contributed by atoms with E-state index in [9.17, 15) is 0 Å². The van der Waals surface area contributed by atoms with Crippen LogP contribution in [0.4, 0.5) is 5.88 Å². The maximum absolute atomic E-state index is 5.84. The highest BCUT2D eigenvalue weighted by atomic mass is 16.5. The number of anilines is 1. The van der Waals surface area contributed by atoms with Gasteiger partial charge >= 0.3 is 0 Å². The molecule has 84 valence electrons. The Hall–Kier alpha value is -1.77. The van der Waals surface area contributed by atoms with Crippen LogP contribution in [0, 0.1) is 0 Å². The molecule has 3 nitrogen and oxygen atoms in total. The number of nitrogens with zero attached hydrogens (tertiary/aromatic N) is 1. The molecule has 2 N–H and O–H groups in total. The summed E-state index contributed by atoms with van der Waals surface area (Å²) in [4.78, 5) is 0. The van der Waals surface area contributed by atoms with E-state index in [4.69, 9.17) is 10.3 Å². The van der Waals surface area contributed by atoms with Gasteiger partial charge in [0.25, 0.3) is 0 Å². The van der Waals surface area contributed by atoms with Crippen molar-refractivity contribution in [1.82, 2.24) is 5.16 Å². The molecule has 0 amide bonds. The lowest BCUT2D eigenvalue weighted by atomic mass is 9.87. The van der Waals surface area contributed by atoms with E-state index in [0.29, 0.717) is 5.88 Å². The van der Waals surface area contributed by atoms with E-state index in [-0.39, 0.29) is 5.41 Å². The van der Waals surface area contributed by atoms with Crippen molar-refractivity contribution in [2.24, 2.45) is 0 Å². The highest BCUT2D eigenvalue weighted by molar-refractivity contribution is 5.75. The summed E-state index contributed by atoms with van der Waals surface area (Å²) < 4.78 is 5.10. The molecule has 0 aliphatic rings. The van der Waals surface area contributed by atoms with Crippen LogP contribution < -0.4 is 5.73 Å². The van der Waals surface area contributed by atoms with Gasteiger partial charge in [0.1, 0.15) is 0 Å². The maximum atomic E-state index is 5.84. The average molecular weight is 216 g/mol. The first-order valence-electron chi connectivity index (χ1n) is 5.31. The van der Waals surface area contributed by atoms with Crippen LogP contribution in [0.25, 0.3) is 11.1 Å². The molecule has 0 fully saturated rings. The zero-order valence-electron chi connectivity index (χ0n) is 9.82. The number of aromatic nitrogens is 1. The zero-order chi connectivity index (χ0) is 11.8. The number of benzene rings is 1. The molecule has 3 heteroatoms. The quantitative estimate of drug-likeness (QED) is 0.796. The summed E-state index contributed by atoms with van der Waals surface area (Å²) in [5.41, 5.74) is 8.62. The van der Waals surface area contributed by atoms with Crippen molar-refractivity contribution in [2.45, 2.75) is 26.2 Å². The molecule has 0 aliphatic heterocycles. The second-order valence-electron chi connectivity index (χ2n) is 4.89. The molecule has 0 atom stereocenters. The van der Waals surface area contributed by atoms with E-state index in [1.54, 1.807) is 0 Å². The van der Waals surface area contributed by atoms with Gasteiger partial charge in [0.2, 0.25) is 5.88 Å². The van der Waals surface area contributed by atoms with E-state index in [2.05, 4.69) is 25.9 Å². The van der Waals surface area contributed by atoms with Crippen molar-refractivity contribution in [2.75, 3.05) is 5.73 Å². The topological polar surface area (TPSA) is 52.0 Å². The largest absolute Gasteiger partial charge is 0.367 e. The van der Waals surface area contributed by atoms with E-state index in [1.165, 1.54) is 0 Å². The molecule has 0 unspecified atom stereocenters. The SMILES string of the molecule is CC(C)(C)c1noc(N)c1-c1ccccc1. The lowest BCUT2D eigenvalue weighted by Gasteiger charge is -2.16. The number of hydrogen-bond donors (Lipinski definition) is 1. The minimum atomic E-state index is -0.0771. The Morgan fingerprint density at radius 1 is 1.12 bits per heavy atom. The van der Waals surface area contributed by atoms with Gasteiger partial charge < -0.3 is 10.3 Å². The van der Waals surface area contributed by atoms with Gasteiger partial charge in [-0.3, -0.25) is 0 Å². The monoisotopic (exact) mass is 216 g/mol. The third kappa shape index (κ3) is 1.81. The lowest BCUT2D eigenvalue weighted by Crippen LogP contribution is -2.13. The first-order chi connectivity index (χ1) is 7.50. The van der Waals surface area contributed by atoms with Gasteiger partial charge in [0.05, 0.1) is 11.3 Å². The Bertz CT molecular complexity index is 480. The maximum Gasteiger partial charge on any atom is 0.230 e. The molecule has 2 rings (SSSR count). The van der Waals surface area contributed by atoms with Crippen molar-refractivity contribution in [3.63, 3.8) is 0 Å². The summed E-state index contributed by atoms with van der Waals surface area (Å²) in [5, 5.41) is 4.06. The summed E-state index contributed by atoms with van der Waals surface area (Å²) in [6.45, 7) is 6.28. The van der Waals surface area contributed by atoms with Gasteiger partial charge in [-0.1, -0.05) is 56.3 Å². The molecule has 1 heterocycles. The van der Waals surface area contributed by atoms with Crippen molar-refractivity contribution < 1.29 is 4.52 Å². The van der Waals surface area contributed by atoms with Gasteiger partial charge in [-0.05, 0) is 5.56 Å². The van der Waals surface area contributed by atoms with Crippen LogP contribution in [-0.2, 0) is 5.41 Å². The van der Waals surface area contributed by atoms with Crippen LogP contribution in [0.15, 0.2) is 34.9 Å². The fraction of sp³-hybridized carbons (Fsp3) is 0.308. The Labute approximate surface area is 95.3 Å². The van der Waals surface area contributed by atoms with Gasteiger partial charge in [-0.15, -0.1) is 0 Å². The van der Waals surface area contributed by atoms with E-state index in [1.807, 2.05) is 30.3 Å². The number of hydrogen-bond acceptors (Lipinski definition) is 3. The normalized spacial score (nSPS) is 11.7. The highest BCUT2D eigenvalue weighted by Gasteiger charge is 2.25. The minimum Gasteiger partial charge on any atom is -0.367 e. The van der Waals surface area contributed by atoms with Crippen LogP contribution in [0.1, 0.15) is 26.5 Å². The molecule has 0 saturated heterocycles. The summed E-state index contributed by atoms with van der Waals surface area (Å²) in [6.07, 6.45) is 0. The molecule has 0 spiro atoms. The number of nitrogen functional groups attached to an aromatic ring is 1. The summed E-state index contributed by atoms with van der Waals surface area (Å²) in [6, 6.07) is 9.96. The zero-order valence-corrected chi connectivity index (χ0v) is 9.82. The Balaban J connectivity index is 2.61. The van der Waals surface area contributed by atoms with E-state index < -0.39 is 0 Å². The smallest absolute Gasteiger partial charge is 0.230 e. The first-order valence-corrected chi connectivity index (χ1v) is 5.31. The molecule has 0 saturated carbocycles. The van der Waals surface area contributed by atoms with E-state index in [0.717, 1.165) is 16.8 Å². The molecule has 2 aromatic rings. The first kappa shape index (κ1) is 10.7. The molecule has 0 radical (unpaired) electrons. The molecule has 1 aromatic carbocycles. The van der Waals surface area contributed by atoms with Crippen molar-refractivity contribution in [1.29, 1.82) is 0 Å². The van der Waals surface area contributed by atoms with Gasteiger partial charge in [0, 0.05) is 5.41 Å². The predicted octanol–water partition coefficient (Wildman–Crippen LogP) is 3.22. The fourth-order valence-electron chi connectivity index (χ4n) is 1.70. The predicted molar refractivity (Wildman–Crippen MR) is 65.1 cm³/mol. The molecule has 0 bridgehead atoms. The van der Waals surface area contributed by atoms with Crippen LogP contribution in [0.3, 0.4) is 0 Å². The fourth-order valence-corrected chi connectivity index (χ4v) is 1.70. The Morgan fingerprint density at radius 3 is 2.31 bits per heavy atom. The van der Waals surface area contributed by atoms with Crippen LogP contribution in [-0.4, -0.2) is 5.16 Å². The van der Waals surface area contributed by atoms with Gasteiger partial charge in [-0.2, -0.15) is 0 Å². The lowest BCUT2D eigenvalue weighted by molar-refractivity contribution is 0.405. The van der Waals surface area contributed by atoms with Crippen molar-refractivity contribution in [3.8, 4) is 11.1 Å². The van der Waals surface area contributed by atoms with Crippen LogP contribution >= 0.6 is 0 Å². The standard InChI is InChI=1S/C13H16N2O/c1-13(2,3)11-10(12(14)16-15-11)9-7-5-4-6-8-9/h4-8H,14H2,1-3H3. The molecular weight excluding hydrogens is 200 g/mol. The minimum absolute atomic E-state index is 0.0771. The third-order valence-corrected chi connectivity index (χ3v) is 2.49. The Kier molecular flexibility index (Phi) is 2.46. The number of nitrogens with two attached hydrogens (primary N) is 1. The third-order valence-electron chi connectivity index (χ3n) is 2.49. The van der Waals surface area contributed by atoms with Crippen LogP contribution in [0.5, 0.6) is 0 Å². The summed E-state index contributed by atoms with van der Waals surface area (Å²) in [5.74, 6) is 0.385. The Morgan fingerprint density at radius 2 is 1.75 bits per heavy atom. The molecule has 1 aromatic heterocycles. The van der Waals surface area contributed by atoms with Gasteiger partial charge in [0.15, 0.2) is 0 Å². The van der Waals surface area contributed by atoms with E-state index >= 15 is 0 Å². The van der Waals surface area contributed by atoms with Crippen LogP contribution in [0.2, 0.25) is 0 Å². The van der Waals surface area contributed by atoms with Crippen molar-refractivity contribution in [3.05, 3.63) is 36.0 Å². The second-order valence-corrected chi connectivity index (χ2v) is 4.89. The molecule has 16 heavy (non-hydrogen) atoms. The van der Waals surface area contributed by atoms with Crippen molar-refractivity contribution >= 4 is 5.88 Å². The number of rotatable bonds is 1. The highest BCUT2D eigenvalue weighted by Crippen LogP contribution is 2.36. The average Bonchev–Trinajstić information content (AvgIpc) is 2.61. The second kappa shape index (κ2) is 3.67. The summed E-state index contributed by atoms with van der Waals surface area (Å²) in [7, 11) is 0. The van der Waals surface area contributed by atoms with Gasteiger partial charge in [-0.25, -0.2) is 0 Å². The molecular formula is C13H16N2O.